The number of rotatable bonds is 6. The minimum Gasteiger partial charge on any atom is -0.310 e. The van der Waals surface area contributed by atoms with E-state index >= 15 is 0 Å². The molecule has 2 aromatic rings. The monoisotopic (exact) mass is 412 g/mol. The fourth-order valence-electron chi connectivity index (χ4n) is 3.14. The Balaban J connectivity index is 0.00000169. The van der Waals surface area contributed by atoms with Crippen LogP contribution in [0, 0.1) is 0 Å². The van der Waals surface area contributed by atoms with Gasteiger partial charge in [0.25, 0.3) is 0 Å². The number of nitrogens with zero attached hydrogens (tertiary/aromatic N) is 1. The zero-order valence-electron chi connectivity index (χ0n) is 14.8. The molecule has 1 saturated heterocycles. The molecule has 2 nitrogen and oxygen atoms in total. The van der Waals surface area contributed by atoms with Crippen molar-refractivity contribution in [2.24, 2.45) is 0 Å². The molecule has 0 bridgehead atoms. The van der Waals surface area contributed by atoms with Crippen molar-refractivity contribution in [2.75, 3.05) is 19.6 Å². The van der Waals surface area contributed by atoms with Gasteiger partial charge in [0.05, 0.1) is 0 Å². The van der Waals surface area contributed by atoms with E-state index in [0.717, 1.165) is 18.1 Å². The van der Waals surface area contributed by atoms with E-state index in [4.69, 9.17) is 11.6 Å². The van der Waals surface area contributed by atoms with E-state index in [1.165, 1.54) is 37.1 Å². The van der Waals surface area contributed by atoms with Crippen molar-refractivity contribution in [2.45, 2.75) is 25.4 Å². The fraction of sp³-hybridized carbons (Fsp3) is 0.333. The molecule has 0 radical (unpaired) electrons. The van der Waals surface area contributed by atoms with Gasteiger partial charge in [-0.2, -0.15) is 0 Å². The largest absolute Gasteiger partial charge is 0.310 e. The third-order valence-corrected chi connectivity index (χ3v) is 4.79. The molecule has 0 unspecified atom stereocenters. The lowest BCUT2D eigenvalue weighted by molar-refractivity contribution is 0.192. The lowest BCUT2D eigenvalue weighted by atomic mass is 10.0. The van der Waals surface area contributed by atoms with Crippen LogP contribution in [-0.4, -0.2) is 30.6 Å². The van der Waals surface area contributed by atoms with Gasteiger partial charge in [-0.1, -0.05) is 66.2 Å². The Morgan fingerprint density at radius 1 is 0.962 bits per heavy atom. The average Bonchev–Trinajstić information content (AvgIpc) is 2.62. The second kappa shape index (κ2) is 12.4. The van der Waals surface area contributed by atoms with Gasteiger partial charge in [0.15, 0.2) is 0 Å². The normalized spacial score (nSPS) is 15.4. The maximum atomic E-state index is 5.90. The van der Waals surface area contributed by atoms with Crippen LogP contribution in [-0.2, 0) is 6.54 Å². The van der Waals surface area contributed by atoms with Gasteiger partial charge in [-0.3, -0.25) is 4.90 Å². The van der Waals surface area contributed by atoms with Gasteiger partial charge in [-0.25, -0.2) is 0 Å². The van der Waals surface area contributed by atoms with Crippen LogP contribution in [0.3, 0.4) is 0 Å². The molecule has 0 aromatic heterocycles. The molecule has 0 amide bonds. The molecular weight excluding hydrogens is 387 g/mol. The van der Waals surface area contributed by atoms with E-state index in [1.807, 2.05) is 24.3 Å². The highest BCUT2D eigenvalue weighted by Crippen LogP contribution is 2.14. The summed E-state index contributed by atoms with van der Waals surface area (Å²) in [6.07, 6.45) is 6.79. The molecular formula is C21H27Cl3N2. The molecule has 1 N–H and O–H groups in total. The Morgan fingerprint density at radius 3 is 2.27 bits per heavy atom. The zero-order valence-corrected chi connectivity index (χ0v) is 17.2. The topological polar surface area (TPSA) is 15.3 Å². The van der Waals surface area contributed by atoms with E-state index in [2.05, 4.69) is 52.7 Å². The van der Waals surface area contributed by atoms with Crippen LogP contribution in [0.2, 0.25) is 5.02 Å². The summed E-state index contributed by atoms with van der Waals surface area (Å²) in [7, 11) is 0. The average molecular weight is 414 g/mol. The second-order valence-electron chi connectivity index (χ2n) is 6.40. The molecule has 1 aliphatic rings. The van der Waals surface area contributed by atoms with E-state index in [-0.39, 0.29) is 24.8 Å². The number of hydrogen-bond acceptors (Lipinski definition) is 2. The van der Waals surface area contributed by atoms with Crippen LogP contribution in [0.1, 0.15) is 24.0 Å². The first-order valence-electron chi connectivity index (χ1n) is 8.71. The van der Waals surface area contributed by atoms with Crippen LogP contribution < -0.4 is 5.32 Å². The summed E-state index contributed by atoms with van der Waals surface area (Å²) >= 11 is 5.90. The minimum atomic E-state index is 0. The van der Waals surface area contributed by atoms with Crippen LogP contribution in [0.15, 0.2) is 60.7 Å². The predicted octanol–water partition coefficient (Wildman–Crippen LogP) is 5.45. The van der Waals surface area contributed by atoms with Crippen molar-refractivity contribution in [3.05, 3.63) is 76.8 Å². The Bertz CT molecular complexity index is 636. The molecule has 3 rings (SSSR count). The number of halogens is 3. The quantitative estimate of drug-likeness (QED) is 0.677. The molecule has 1 fully saturated rings. The highest BCUT2D eigenvalue weighted by molar-refractivity contribution is 6.30. The van der Waals surface area contributed by atoms with Crippen molar-refractivity contribution in [3.63, 3.8) is 0 Å². The summed E-state index contributed by atoms with van der Waals surface area (Å²) in [5.74, 6) is 0. The molecule has 0 spiro atoms. The van der Waals surface area contributed by atoms with Crippen LogP contribution in [0.25, 0.3) is 6.08 Å². The van der Waals surface area contributed by atoms with E-state index in [0.29, 0.717) is 6.04 Å². The Kier molecular flexibility index (Phi) is 11.0. The summed E-state index contributed by atoms with van der Waals surface area (Å²) in [6, 6.07) is 19.3. The number of hydrogen-bond donors (Lipinski definition) is 1. The maximum Gasteiger partial charge on any atom is 0.0406 e. The summed E-state index contributed by atoms with van der Waals surface area (Å²) in [5, 5.41) is 4.43. The number of benzene rings is 2. The molecule has 0 saturated carbocycles. The van der Waals surface area contributed by atoms with Crippen molar-refractivity contribution in [1.82, 2.24) is 10.2 Å². The number of nitrogens with one attached hydrogen (secondary N) is 1. The Morgan fingerprint density at radius 2 is 1.62 bits per heavy atom. The molecule has 142 valence electrons. The molecule has 2 aromatic carbocycles. The molecule has 1 aliphatic heterocycles. The predicted molar refractivity (Wildman–Crippen MR) is 118 cm³/mol. The van der Waals surface area contributed by atoms with Gasteiger partial charge < -0.3 is 5.32 Å². The van der Waals surface area contributed by atoms with Gasteiger partial charge in [-0.05, 0) is 49.2 Å². The SMILES string of the molecule is Cl.Cl.Clc1ccc(/C=C/CNC2CCN(Cc3ccccc3)CC2)cc1. The first kappa shape index (κ1) is 23.0. The molecule has 0 atom stereocenters. The minimum absolute atomic E-state index is 0. The van der Waals surface area contributed by atoms with Crippen molar-refractivity contribution in [3.8, 4) is 0 Å². The van der Waals surface area contributed by atoms with Gasteiger partial charge in [0, 0.05) is 24.2 Å². The number of likely N-dealkylation sites (tertiary alicyclic amines) is 1. The lowest BCUT2D eigenvalue weighted by Crippen LogP contribution is -2.42. The molecule has 26 heavy (non-hydrogen) atoms. The Labute approximate surface area is 174 Å². The number of piperidine rings is 1. The molecule has 0 aliphatic carbocycles. The highest BCUT2D eigenvalue weighted by atomic mass is 35.5. The smallest absolute Gasteiger partial charge is 0.0406 e. The van der Waals surface area contributed by atoms with Crippen molar-refractivity contribution in [1.29, 1.82) is 0 Å². The van der Waals surface area contributed by atoms with Gasteiger partial charge in [0.1, 0.15) is 0 Å². The fourth-order valence-corrected chi connectivity index (χ4v) is 3.27. The zero-order chi connectivity index (χ0) is 16.6. The van der Waals surface area contributed by atoms with Crippen LogP contribution in [0.4, 0.5) is 0 Å². The van der Waals surface area contributed by atoms with Gasteiger partial charge >= 0.3 is 0 Å². The van der Waals surface area contributed by atoms with E-state index in [1.54, 1.807) is 0 Å². The van der Waals surface area contributed by atoms with E-state index in [9.17, 15) is 0 Å². The van der Waals surface area contributed by atoms with Gasteiger partial charge in [0.2, 0.25) is 0 Å². The third-order valence-electron chi connectivity index (χ3n) is 4.54. The van der Waals surface area contributed by atoms with Crippen LogP contribution >= 0.6 is 36.4 Å². The van der Waals surface area contributed by atoms with Crippen LogP contribution in [0.5, 0.6) is 0 Å². The summed E-state index contributed by atoms with van der Waals surface area (Å²) < 4.78 is 0. The first-order chi connectivity index (χ1) is 11.8. The van der Waals surface area contributed by atoms with Gasteiger partial charge in [-0.15, -0.1) is 24.8 Å². The second-order valence-corrected chi connectivity index (χ2v) is 6.83. The maximum absolute atomic E-state index is 5.90. The van der Waals surface area contributed by atoms with Crippen molar-refractivity contribution < 1.29 is 0 Å². The lowest BCUT2D eigenvalue weighted by Gasteiger charge is -2.32. The highest BCUT2D eigenvalue weighted by Gasteiger charge is 2.18. The molecule has 5 heteroatoms. The summed E-state index contributed by atoms with van der Waals surface area (Å²) in [6.45, 7) is 4.34. The summed E-state index contributed by atoms with van der Waals surface area (Å²) in [4.78, 5) is 2.55. The van der Waals surface area contributed by atoms with Crippen molar-refractivity contribution >= 4 is 42.5 Å². The first-order valence-corrected chi connectivity index (χ1v) is 9.09. The summed E-state index contributed by atoms with van der Waals surface area (Å²) in [5.41, 5.74) is 2.61. The standard InChI is InChI=1S/C21H25ClN2.2ClH/c22-20-10-8-18(9-11-20)7-4-14-23-21-12-15-24(16-13-21)17-19-5-2-1-3-6-19;;/h1-11,21,23H,12-17H2;2*1H/b7-4+;;. The Hall–Kier alpha value is -1.03. The van der Waals surface area contributed by atoms with E-state index < -0.39 is 0 Å². The molecule has 1 heterocycles. The third kappa shape index (κ3) is 7.69.